The molecule has 1 rings (SSSR count). The van der Waals surface area contributed by atoms with Crippen LogP contribution in [0.15, 0.2) is 18.2 Å². The highest BCUT2D eigenvalue weighted by atomic mass is 32.3. The fourth-order valence-corrected chi connectivity index (χ4v) is 0.898. The fourth-order valence-electron chi connectivity index (χ4n) is 0.898. The number of benzene rings is 1. The lowest BCUT2D eigenvalue weighted by atomic mass is 10.1. The Morgan fingerprint density at radius 2 is 1.47 bits per heavy atom. The van der Waals surface area contributed by atoms with E-state index in [1.165, 1.54) is 16.7 Å². The average Bonchev–Trinajstić information content (AvgIpc) is 2.14. The van der Waals surface area contributed by atoms with Gasteiger partial charge in [0.25, 0.3) is 0 Å². The smallest absolute Gasteiger partial charge is 0.264 e. The zero-order valence-electron chi connectivity index (χ0n) is 9.31. The van der Waals surface area contributed by atoms with Gasteiger partial charge < -0.3 is 0 Å². The lowest BCUT2D eigenvalue weighted by molar-refractivity contribution is 0.324. The summed E-state index contributed by atoms with van der Waals surface area (Å²) in [6, 6.07) is 6.38. The minimum atomic E-state index is -4.16. The summed E-state index contributed by atoms with van der Waals surface area (Å²) < 4.78 is 29.7. The van der Waals surface area contributed by atoms with Crippen molar-refractivity contribution >= 4 is 10.4 Å². The molecule has 0 saturated carbocycles. The van der Waals surface area contributed by atoms with Gasteiger partial charge in [-0.1, -0.05) is 18.2 Å². The van der Waals surface area contributed by atoms with Crippen molar-refractivity contribution in [1.29, 1.82) is 0 Å². The van der Waals surface area contributed by atoms with Crippen LogP contribution in [0.25, 0.3) is 0 Å². The van der Waals surface area contributed by atoms with Gasteiger partial charge in [0.05, 0.1) is 7.11 Å². The summed E-state index contributed by atoms with van der Waals surface area (Å²) in [6.07, 6.45) is 0. The Bertz CT molecular complexity index is 389. The highest BCUT2D eigenvalue weighted by Crippen LogP contribution is 2.09. The van der Waals surface area contributed by atoms with Crippen LogP contribution in [-0.2, 0) is 14.6 Å². The topological polar surface area (TPSA) is 63.6 Å². The molecule has 0 bridgehead atoms. The molecular weight excluding hydrogens is 216 g/mol. The summed E-state index contributed by atoms with van der Waals surface area (Å²) in [4.78, 5) is 0. The van der Waals surface area contributed by atoms with Crippen molar-refractivity contribution in [1.82, 2.24) is 0 Å². The van der Waals surface area contributed by atoms with Gasteiger partial charge in [-0.2, -0.15) is 8.42 Å². The molecule has 0 fully saturated rings. The summed E-state index contributed by atoms with van der Waals surface area (Å²) in [7, 11) is -3.29. The van der Waals surface area contributed by atoms with E-state index >= 15 is 0 Å². The maximum Gasteiger partial charge on any atom is 0.397 e. The quantitative estimate of drug-likeness (QED) is 0.753. The minimum Gasteiger partial charge on any atom is -0.264 e. The first-order valence-corrected chi connectivity index (χ1v) is 5.70. The van der Waals surface area contributed by atoms with Crippen LogP contribution in [0, 0.1) is 20.8 Å². The second-order valence-corrected chi connectivity index (χ2v) is 4.30. The summed E-state index contributed by atoms with van der Waals surface area (Å²) >= 11 is 0. The van der Waals surface area contributed by atoms with Crippen molar-refractivity contribution in [2.24, 2.45) is 0 Å². The maximum absolute atomic E-state index is 9.33. The molecule has 0 heterocycles. The van der Waals surface area contributed by atoms with Gasteiger partial charge in [-0.3, -0.25) is 8.74 Å². The van der Waals surface area contributed by atoms with E-state index in [0.717, 1.165) is 7.11 Å². The van der Waals surface area contributed by atoms with Gasteiger partial charge >= 0.3 is 10.4 Å². The van der Waals surface area contributed by atoms with Crippen molar-refractivity contribution in [3.8, 4) is 0 Å². The van der Waals surface area contributed by atoms with E-state index in [9.17, 15) is 8.42 Å². The van der Waals surface area contributed by atoms with E-state index in [1.54, 1.807) is 0 Å². The molecule has 0 amide bonds. The Hall–Kier alpha value is -0.910. The van der Waals surface area contributed by atoms with E-state index in [1.807, 2.05) is 0 Å². The third-order valence-corrected chi connectivity index (χ3v) is 2.51. The first kappa shape index (κ1) is 14.1. The highest BCUT2D eigenvalue weighted by molar-refractivity contribution is 7.80. The second kappa shape index (κ2) is 5.85. The Morgan fingerprint density at radius 3 is 1.67 bits per heavy atom. The van der Waals surface area contributed by atoms with Crippen LogP contribution in [0.4, 0.5) is 0 Å². The maximum atomic E-state index is 9.33. The van der Waals surface area contributed by atoms with Crippen molar-refractivity contribution in [2.75, 3.05) is 7.11 Å². The molecule has 0 aliphatic heterocycles. The van der Waals surface area contributed by atoms with E-state index in [4.69, 9.17) is 4.55 Å². The van der Waals surface area contributed by atoms with Crippen LogP contribution in [0.1, 0.15) is 16.7 Å². The van der Waals surface area contributed by atoms with E-state index in [-0.39, 0.29) is 0 Å². The number of aryl methyl sites for hydroxylation is 2. The van der Waals surface area contributed by atoms with Gasteiger partial charge in [0.2, 0.25) is 0 Å². The molecule has 0 aliphatic rings. The predicted octanol–water partition coefficient (Wildman–Crippen LogP) is 2.05. The van der Waals surface area contributed by atoms with Gasteiger partial charge in [-0.15, -0.1) is 0 Å². The van der Waals surface area contributed by atoms with Crippen molar-refractivity contribution in [3.63, 3.8) is 0 Å². The molecule has 0 saturated heterocycles. The molecule has 1 aromatic rings. The van der Waals surface area contributed by atoms with Crippen LogP contribution in [0.2, 0.25) is 0 Å². The van der Waals surface area contributed by atoms with Crippen LogP contribution < -0.4 is 0 Å². The van der Waals surface area contributed by atoms with Crippen LogP contribution >= 0.6 is 0 Å². The summed E-state index contributed by atoms with van der Waals surface area (Å²) in [5.74, 6) is 0. The molecule has 0 radical (unpaired) electrons. The van der Waals surface area contributed by atoms with E-state index in [2.05, 4.69) is 43.2 Å². The molecule has 0 spiro atoms. The largest absolute Gasteiger partial charge is 0.397 e. The van der Waals surface area contributed by atoms with Gasteiger partial charge in [-0.05, 0) is 37.5 Å². The Labute approximate surface area is 90.8 Å². The van der Waals surface area contributed by atoms with Crippen molar-refractivity contribution in [2.45, 2.75) is 20.8 Å². The number of rotatable bonds is 1. The number of hydrogen-bond acceptors (Lipinski definition) is 3. The zero-order chi connectivity index (χ0) is 12.1. The lowest BCUT2D eigenvalue weighted by Gasteiger charge is -2.00. The Morgan fingerprint density at radius 1 is 1.13 bits per heavy atom. The minimum absolute atomic E-state index is 0.870. The Balaban J connectivity index is 0.000000288. The molecule has 0 aliphatic carbocycles. The van der Waals surface area contributed by atoms with Crippen molar-refractivity contribution in [3.05, 3.63) is 34.9 Å². The monoisotopic (exact) mass is 232 g/mol. The van der Waals surface area contributed by atoms with Gasteiger partial charge in [-0.25, -0.2) is 0 Å². The molecule has 1 N–H and O–H groups in total. The molecule has 1 aromatic carbocycles. The zero-order valence-corrected chi connectivity index (χ0v) is 10.1. The number of hydrogen-bond donors (Lipinski definition) is 1. The van der Waals surface area contributed by atoms with E-state index < -0.39 is 10.4 Å². The molecule has 0 atom stereocenters. The van der Waals surface area contributed by atoms with Crippen molar-refractivity contribution < 1.29 is 17.2 Å². The normalized spacial score (nSPS) is 10.5. The molecule has 5 heteroatoms. The summed E-state index contributed by atoms with van der Waals surface area (Å²) in [5.41, 5.74) is 4.18. The molecule has 4 nitrogen and oxygen atoms in total. The van der Waals surface area contributed by atoms with Gasteiger partial charge in [0.15, 0.2) is 0 Å². The third kappa shape index (κ3) is 6.22. The fraction of sp³-hybridized carbons (Fsp3) is 0.400. The molecule has 0 aromatic heterocycles. The van der Waals surface area contributed by atoms with Crippen LogP contribution in [0.5, 0.6) is 0 Å². The van der Waals surface area contributed by atoms with Gasteiger partial charge in [0.1, 0.15) is 0 Å². The SMILES string of the molecule is COS(=O)(=O)O.Cc1cccc(C)c1C. The predicted molar refractivity (Wildman–Crippen MR) is 59.2 cm³/mol. The summed E-state index contributed by atoms with van der Waals surface area (Å²) in [6.45, 7) is 6.44. The lowest BCUT2D eigenvalue weighted by Crippen LogP contribution is -1.96. The average molecular weight is 232 g/mol. The molecule has 86 valence electrons. The second-order valence-electron chi connectivity index (χ2n) is 3.11. The van der Waals surface area contributed by atoms with Crippen LogP contribution in [0.3, 0.4) is 0 Å². The van der Waals surface area contributed by atoms with Crippen LogP contribution in [-0.4, -0.2) is 20.1 Å². The molecule has 15 heavy (non-hydrogen) atoms. The first-order valence-electron chi connectivity index (χ1n) is 4.33. The van der Waals surface area contributed by atoms with Gasteiger partial charge in [0, 0.05) is 0 Å². The molecular formula is C10H16O4S. The Kier molecular flexibility index (Phi) is 5.49. The van der Waals surface area contributed by atoms with E-state index in [0.29, 0.717) is 0 Å². The standard InChI is InChI=1S/C9H12.CH4O4S/c1-7-5-4-6-8(2)9(7)3;1-5-6(2,3)4/h4-6H,1-3H3;1H3,(H,2,3,4). The highest BCUT2D eigenvalue weighted by Gasteiger charge is 1.94. The third-order valence-electron chi connectivity index (χ3n) is 2.09. The molecule has 0 unspecified atom stereocenters. The summed E-state index contributed by atoms with van der Waals surface area (Å²) in [5, 5.41) is 0. The first-order chi connectivity index (χ1) is 6.78.